The van der Waals surface area contributed by atoms with Crippen molar-refractivity contribution in [3.05, 3.63) is 63.3 Å². The summed E-state index contributed by atoms with van der Waals surface area (Å²) in [7, 11) is 0. The number of aromatic nitrogens is 5. The zero-order chi connectivity index (χ0) is 21.8. The lowest BCUT2D eigenvalue weighted by molar-refractivity contribution is 0.278. The molecular weight excluding hydrogens is 416 g/mol. The molecule has 4 rings (SSSR count). The molecule has 0 bridgehead atoms. The minimum absolute atomic E-state index is 0.117. The number of nitrogens with zero attached hydrogens (tertiary/aromatic N) is 5. The first-order chi connectivity index (χ1) is 15.0. The van der Waals surface area contributed by atoms with E-state index in [0.29, 0.717) is 46.7 Å². The van der Waals surface area contributed by atoms with Gasteiger partial charge in [0, 0.05) is 68.7 Å². The van der Waals surface area contributed by atoms with Crippen molar-refractivity contribution in [3.63, 3.8) is 0 Å². The summed E-state index contributed by atoms with van der Waals surface area (Å²) in [4.78, 5) is 35.2. The lowest BCUT2D eigenvalue weighted by Crippen LogP contribution is -2.47. The number of hydrogen-bond acceptors (Lipinski definition) is 7. The molecule has 3 aromatic rings. The van der Waals surface area contributed by atoms with Crippen LogP contribution < -0.4 is 16.2 Å². The summed E-state index contributed by atoms with van der Waals surface area (Å²) < 4.78 is 0. The number of halogens is 1. The molecule has 31 heavy (non-hydrogen) atoms. The van der Waals surface area contributed by atoms with Crippen molar-refractivity contribution >= 4 is 23.4 Å². The Morgan fingerprint density at radius 1 is 1.26 bits per heavy atom. The highest BCUT2D eigenvalue weighted by molar-refractivity contribution is 6.32. The molecule has 162 valence electrons. The highest BCUT2D eigenvalue weighted by Crippen LogP contribution is 2.27. The Morgan fingerprint density at radius 2 is 2.06 bits per heavy atom. The molecule has 0 saturated carbocycles. The molecule has 0 radical (unpaired) electrons. The van der Waals surface area contributed by atoms with Crippen LogP contribution in [0.4, 0.5) is 5.69 Å². The van der Waals surface area contributed by atoms with E-state index < -0.39 is 0 Å². The maximum atomic E-state index is 11.9. The minimum Gasteiger partial charge on any atom is -0.401 e. The van der Waals surface area contributed by atoms with Gasteiger partial charge in [-0.2, -0.15) is 0 Å². The molecular formula is C21H25ClN8O. The molecule has 9 nitrogen and oxygen atoms in total. The van der Waals surface area contributed by atoms with Gasteiger partial charge in [-0.1, -0.05) is 18.5 Å². The van der Waals surface area contributed by atoms with E-state index in [2.05, 4.69) is 34.7 Å². The van der Waals surface area contributed by atoms with Crippen LogP contribution in [0.3, 0.4) is 0 Å². The largest absolute Gasteiger partial charge is 0.401 e. The van der Waals surface area contributed by atoms with Gasteiger partial charge in [0.15, 0.2) is 11.0 Å². The molecule has 3 aromatic heterocycles. The van der Waals surface area contributed by atoms with E-state index in [1.54, 1.807) is 24.7 Å². The van der Waals surface area contributed by atoms with Gasteiger partial charge in [0.1, 0.15) is 11.5 Å². The third kappa shape index (κ3) is 4.95. The number of nitrogens with two attached hydrogens (primary N) is 1. The second-order valence-electron chi connectivity index (χ2n) is 7.40. The Hall–Kier alpha value is -3.17. The van der Waals surface area contributed by atoms with Crippen molar-refractivity contribution in [2.45, 2.75) is 13.3 Å². The van der Waals surface area contributed by atoms with E-state index in [1.807, 2.05) is 19.1 Å². The number of piperazine rings is 1. The molecule has 0 aromatic carbocycles. The van der Waals surface area contributed by atoms with Crippen LogP contribution in [0.5, 0.6) is 0 Å². The molecule has 1 aliphatic heterocycles. The summed E-state index contributed by atoms with van der Waals surface area (Å²) in [6.07, 6.45) is 7.42. The summed E-state index contributed by atoms with van der Waals surface area (Å²) in [6.45, 7) is 5.83. The molecule has 0 atom stereocenters. The zero-order valence-electron chi connectivity index (χ0n) is 17.3. The van der Waals surface area contributed by atoms with E-state index in [4.69, 9.17) is 17.3 Å². The Kier molecular flexibility index (Phi) is 6.34. The van der Waals surface area contributed by atoms with Crippen LogP contribution in [0, 0.1) is 0 Å². The maximum absolute atomic E-state index is 11.9. The standard InChI is InChI=1S/C21H25ClN8O/c1-2-14-12-26-18(28-21(14)31)11-15(23)13-29-7-9-30(10-8-29)17-4-3-16(27-19(17)22)20-24-5-6-25-20/h3-6,11-12H,2,7-10,13,23H2,1H3,(H,24,25)(H,26,28,31)/b15-11-. The van der Waals surface area contributed by atoms with Gasteiger partial charge in [0.25, 0.3) is 5.56 Å². The zero-order valence-corrected chi connectivity index (χ0v) is 18.1. The van der Waals surface area contributed by atoms with Gasteiger partial charge in [-0.3, -0.25) is 9.69 Å². The molecule has 10 heteroatoms. The minimum atomic E-state index is -0.117. The van der Waals surface area contributed by atoms with E-state index in [-0.39, 0.29) is 5.56 Å². The van der Waals surface area contributed by atoms with Gasteiger partial charge in [-0.05, 0) is 18.6 Å². The molecule has 0 amide bonds. The number of nitrogens with one attached hydrogen (secondary N) is 2. The number of rotatable bonds is 6. The van der Waals surface area contributed by atoms with E-state index >= 15 is 0 Å². The van der Waals surface area contributed by atoms with E-state index in [9.17, 15) is 4.79 Å². The summed E-state index contributed by atoms with van der Waals surface area (Å²) in [6, 6.07) is 3.91. The number of hydrogen-bond donors (Lipinski definition) is 3. The topological polar surface area (TPSA) is 120 Å². The highest BCUT2D eigenvalue weighted by Gasteiger charge is 2.20. The smallest absolute Gasteiger partial charge is 0.254 e. The van der Waals surface area contributed by atoms with Crippen LogP contribution >= 0.6 is 11.6 Å². The van der Waals surface area contributed by atoms with Gasteiger partial charge in [0.05, 0.1) is 5.69 Å². The number of imidazole rings is 1. The fourth-order valence-corrected chi connectivity index (χ4v) is 3.86. The van der Waals surface area contributed by atoms with Crippen molar-refractivity contribution in [2.24, 2.45) is 5.73 Å². The fraction of sp³-hybridized carbons (Fsp3) is 0.333. The number of pyridine rings is 1. The molecule has 0 spiro atoms. The van der Waals surface area contributed by atoms with E-state index in [0.717, 1.165) is 31.9 Å². The summed E-state index contributed by atoms with van der Waals surface area (Å²) >= 11 is 6.45. The number of H-pyrrole nitrogens is 2. The molecule has 0 unspecified atom stereocenters. The van der Waals surface area contributed by atoms with E-state index in [1.165, 1.54) is 0 Å². The molecule has 4 heterocycles. The van der Waals surface area contributed by atoms with Crippen LogP contribution in [-0.2, 0) is 6.42 Å². The first kappa shape index (κ1) is 21.1. The Morgan fingerprint density at radius 3 is 2.71 bits per heavy atom. The van der Waals surface area contributed by atoms with Crippen molar-refractivity contribution in [3.8, 4) is 11.5 Å². The average Bonchev–Trinajstić information content (AvgIpc) is 3.29. The quantitative estimate of drug-likeness (QED) is 0.500. The molecule has 1 saturated heterocycles. The summed E-state index contributed by atoms with van der Waals surface area (Å²) in [5.41, 5.74) is 9.03. The van der Waals surface area contributed by atoms with Crippen LogP contribution in [-0.4, -0.2) is 62.5 Å². The lowest BCUT2D eigenvalue weighted by Gasteiger charge is -2.36. The van der Waals surface area contributed by atoms with Gasteiger partial charge >= 0.3 is 0 Å². The van der Waals surface area contributed by atoms with Gasteiger partial charge in [-0.15, -0.1) is 0 Å². The van der Waals surface area contributed by atoms with Gasteiger partial charge in [0.2, 0.25) is 0 Å². The SMILES string of the molecule is CCc1cnc(/C=C(\N)CN2CCN(c3ccc(-c4ncc[nH]4)nc3Cl)CC2)[nH]c1=O. The number of anilines is 1. The third-order valence-electron chi connectivity index (χ3n) is 5.28. The molecule has 1 fully saturated rings. The Bertz CT molecular complexity index is 1120. The Balaban J connectivity index is 1.35. The van der Waals surface area contributed by atoms with Gasteiger partial charge in [-0.25, -0.2) is 15.0 Å². The van der Waals surface area contributed by atoms with Crippen LogP contribution in [0.25, 0.3) is 17.6 Å². The summed E-state index contributed by atoms with van der Waals surface area (Å²) in [5, 5.41) is 0.465. The average molecular weight is 441 g/mol. The van der Waals surface area contributed by atoms with Crippen molar-refractivity contribution in [2.75, 3.05) is 37.6 Å². The highest BCUT2D eigenvalue weighted by atomic mass is 35.5. The lowest BCUT2D eigenvalue weighted by atomic mass is 10.2. The van der Waals surface area contributed by atoms with Crippen LogP contribution in [0.15, 0.2) is 41.2 Å². The predicted octanol–water partition coefficient (Wildman–Crippen LogP) is 1.89. The molecule has 0 aliphatic carbocycles. The maximum Gasteiger partial charge on any atom is 0.254 e. The van der Waals surface area contributed by atoms with Gasteiger partial charge < -0.3 is 20.6 Å². The number of aryl methyl sites for hydroxylation is 1. The van der Waals surface area contributed by atoms with Crippen molar-refractivity contribution < 1.29 is 0 Å². The first-order valence-electron chi connectivity index (χ1n) is 10.2. The molecule has 4 N–H and O–H groups in total. The second-order valence-corrected chi connectivity index (χ2v) is 7.76. The second kappa shape index (κ2) is 9.32. The normalized spacial score (nSPS) is 15.4. The first-order valence-corrected chi connectivity index (χ1v) is 10.6. The molecule has 1 aliphatic rings. The third-order valence-corrected chi connectivity index (χ3v) is 5.56. The van der Waals surface area contributed by atoms with Crippen LogP contribution in [0.2, 0.25) is 5.15 Å². The fourth-order valence-electron chi connectivity index (χ4n) is 3.59. The monoisotopic (exact) mass is 440 g/mol. The van der Waals surface area contributed by atoms with Crippen LogP contribution in [0.1, 0.15) is 18.3 Å². The predicted molar refractivity (Wildman–Crippen MR) is 122 cm³/mol. The summed E-state index contributed by atoms with van der Waals surface area (Å²) in [5.74, 6) is 1.17. The Labute approximate surface area is 185 Å². The number of aromatic amines is 2. The van der Waals surface area contributed by atoms with Crippen molar-refractivity contribution in [1.29, 1.82) is 0 Å². The van der Waals surface area contributed by atoms with Crippen molar-refractivity contribution in [1.82, 2.24) is 29.8 Å².